The van der Waals surface area contributed by atoms with Crippen molar-refractivity contribution in [3.8, 4) is 0 Å². The van der Waals surface area contributed by atoms with Crippen molar-refractivity contribution in [2.75, 3.05) is 19.8 Å². The molecule has 0 saturated carbocycles. The summed E-state index contributed by atoms with van der Waals surface area (Å²) < 4.78 is 21.8. The van der Waals surface area contributed by atoms with Gasteiger partial charge < -0.3 is 39.4 Å². The Hall–Kier alpha value is -1.56. The number of unbranched alkanes of at least 4 members (excludes halogenated alkanes) is 12. The summed E-state index contributed by atoms with van der Waals surface area (Å²) in [6.07, 6.45) is 12.9. The van der Waals surface area contributed by atoms with Crippen LogP contribution in [0.15, 0.2) is 12.2 Å². The van der Waals surface area contributed by atoms with E-state index in [-0.39, 0.29) is 26.1 Å². The fraction of sp³-hybridized carbons (Fsp3) is 0.875. The maximum absolute atomic E-state index is 12.5. The van der Waals surface area contributed by atoms with Crippen LogP contribution in [0.4, 0.5) is 0 Å². The molecule has 6 atom stereocenters. The first-order valence-electron chi connectivity index (χ1n) is 16.3. The summed E-state index contributed by atoms with van der Waals surface area (Å²) in [5.41, 5.74) is 0. The second-order valence-corrected chi connectivity index (χ2v) is 11.3. The molecule has 0 aliphatic carbocycles. The van der Waals surface area contributed by atoms with Crippen LogP contribution in [-0.2, 0) is 28.5 Å². The van der Waals surface area contributed by atoms with E-state index in [1.54, 1.807) is 0 Å². The highest BCUT2D eigenvalue weighted by molar-refractivity contribution is 5.70. The Kier molecular flexibility index (Phi) is 22.7. The second-order valence-electron chi connectivity index (χ2n) is 11.3. The normalized spacial score (nSPS) is 23.2. The molecule has 10 nitrogen and oxygen atoms in total. The van der Waals surface area contributed by atoms with E-state index < -0.39 is 55.4 Å². The second kappa shape index (κ2) is 24.8. The fourth-order valence-corrected chi connectivity index (χ4v) is 4.71. The molecule has 4 N–H and O–H groups in total. The molecule has 0 radical (unpaired) electrons. The lowest BCUT2D eigenvalue weighted by molar-refractivity contribution is -0.305. The minimum atomic E-state index is -1.59. The summed E-state index contributed by atoms with van der Waals surface area (Å²) in [5, 5.41) is 39.6. The Balaban J connectivity index is 2.42. The average molecular weight is 603 g/mol. The molecular weight excluding hydrogens is 544 g/mol. The van der Waals surface area contributed by atoms with Crippen LogP contribution >= 0.6 is 0 Å². The predicted molar refractivity (Wildman–Crippen MR) is 160 cm³/mol. The number of carbonyl (C=O) groups is 2. The molecule has 0 aromatic heterocycles. The van der Waals surface area contributed by atoms with Gasteiger partial charge >= 0.3 is 11.9 Å². The Labute approximate surface area is 252 Å². The molecule has 0 spiro atoms. The minimum absolute atomic E-state index is 0.220. The average Bonchev–Trinajstić information content (AvgIpc) is 2.98. The van der Waals surface area contributed by atoms with E-state index in [0.29, 0.717) is 12.8 Å². The van der Waals surface area contributed by atoms with Crippen molar-refractivity contribution in [3.63, 3.8) is 0 Å². The summed E-state index contributed by atoms with van der Waals surface area (Å²) in [5.74, 6) is -0.839. The lowest BCUT2D eigenvalue weighted by Gasteiger charge is -2.39. The summed E-state index contributed by atoms with van der Waals surface area (Å²) in [6, 6.07) is 0. The van der Waals surface area contributed by atoms with Crippen molar-refractivity contribution in [3.05, 3.63) is 12.2 Å². The van der Waals surface area contributed by atoms with Gasteiger partial charge in [-0.1, -0.05) is 83.8 Å². The van der Waals surface area contributed by atoms with E-state index in [1.165, 1.54) is 25.7 Å². The molecule has 1 aliphatic rings. The number of aliphatic hydroxyl groups excluding tert-OH is 4. The lowest BCUT2D eigenvalue weighted by atomic mass is 9.99. The number of ether oxygens (including phenoxy) is 4. The summed E-state index contributed by atoms with van der Waals surface area (Å²) >= 11 is 0. The Morgan fingerprint density at radius 2 is 1.26 bits per heavy atom. The van der Waals surface area contributed by atoms with Gasteiger partial charge in [0.1, 0.15) is 31.0 Å². The van der Waals surface area contributed by atoms with Crippen molar-refractivity contribution in [1.29, 1.82) is 0 Å². The van der Waals surface area contributed by atoms with Crippen LogP contribution in [0.3, 0.4) is 0 Å². The first-order valence-corrected chi connectivity index (χ1v) is 16.3. The molecule has 246 valence electrons. The quantitative estimate of drug-likeness (QED) is 0.0668. The number of allylic oxidation sites excluding steroid dienone is 2. The molecule has 6 unspecified atom stereocenters. The summed E-state index contributed by atoms with van der Waals surface area (Å²) in [6.45, 7) is 3.22. The monoisotopic (exact) mass is 602 g/mol. The van der Waals surface area contributed by atoms with Gasteiger partial charge in [0.25, 0.3) is 0 Å². The van der Waals surface area contributed by atoms with Gasteiger partial charge in [-0.05, 0) is 38.5 Å². The van der Waals surface area contributed by atoms with Gasteiger partial charge in [0.2, 0.25) is 0 Å². The Bertz CT molecular complexity index is 713. The highest BCUT2D eigenvalue weighted by atomic mass is 16.7. The van der Waals surface area contributed by atoms with E-state index >= 15 is 0 Å². The van der Waals surface area contributed by atoms with Crippen molar-refractivity contribution in [2.24, 2.45) is 0 Å². The molecule has 1 saturated heterocycles. The SMILES string of the molecule is CCCCCC/C=C\CCCCCCCC(=O)OC(COC(=O)CCCCCC)COC1OC(CO)C(O)C(O)C1O. The molecule has 1 aliphatic heterocycles. The molecule has 10 heteroatoms. The van der Waals surface area contributed by atoms with Crippen LogP contribution < -0.4 is 0 Å². The van der Waals surface area contributed by atoms with Crippen molar-refractivity contribution in [1.82, 2.24) is 0 Å². The van der Waals surface area contributed by atoms with Crippen LogP contribution in [0, 0.1) is 0 Å². The maximum Gasteiger partial charge on any atom is 0.306 e. The molecule has 0 aromatic carbocycles. The molecule has 1 heterocycles. The van der Waals surface area contributed by atoms with Gasteiger partial charge in [0.05, 0.1) is 13.2 Å². The zero-order valence-electron chi connectivity index (χ0n) is 26.0. The Morgan fingerprint density at radius 3 is 1.88 bits per heavy atom. The Morgan fingerprint density at radius 1 is 0.714 bits per heavy atom. The molecule has 0 bridgehead atoms. The van der Waals surface area contributed by atoms with Crippen molar-refractivity contribution < 1.29 is 49.0 Å². The van der Waals surface area contributed by atoms with Crippen LogP contribution in [0.1, 0.15) is 123 Å². The number of rotatable bonds is 25. The fourth-order valence-electron chi connectivity index (χ4n) is 4.71. The minimum Gasteiger partial charge on any atom is -0.462 e. The lowest BCUT2D eigenvalue weighted by Crippen LogP contribution is -2.59. The van der Waals surface area contributed by atoms with Crippen LogP contribution in [0.25, 0.3) is 0 Å². The third kappa shape index (κ3) is 17.5. The van der Waals surface area contributed by atoms with E-state index in [9.17, 15) is 30.0 Å². The van der Waals surface area contributed by atoms with Gasteiger partial charge in [-0.25, -0.2) is 0 Å². The maximum atomic E-state index is 12.5. The van der Waals surface area contributed by atoms with Crippen LogP contribution in [0.5, 0.6) is 0 Å². The number of hydrogen-bond donors (Lipinski definition) is 4. The van der Waals surface area contributed by atoms with E-state index in [4.69, 9.17) is 18.9 Å². The molecular formula is C32H58O10. The smallest absolute Gasteiger partial charge is 0.306 e. The van der Waals surface area contributed by atoms with Gasteiger partial charge in [-0.15, -0.1) is 0 Å². The van der Waals surface area contributed by atoms with Crippen molar-refractivity contribution >= 4 is 11.9 Å². The zero-order valence-corrected chi connectivity index (χ0v) is 26.0. The van der Waals surface area contributed by atoms with Crippen molar-refractivity contribution in [2.45, 2.75) is 160 Å². The molecule has 1 fully saturated rings. The largest absolute Gasteiger partial charge is 0.462 e. The summed E-state index contributed by atoms with van der Waals surface area (Å²) in [4.78, 5) is 24.7. The van der Waals surface area contributed by atoms with E-state index in [0.717, 1.165) is 57.8 Å². The highest BCUT2D eigenvalue weighted by Gasteiger charge is 2.44. The van der Waals surface area contributed by atoms with Crippen LogP contribution in [-0.4, -0.2) is 89.0 Å². The molecule has 1 rings (SSSR count). The number of carbonyl (C=O) groups excluding carboxylic acids is 2. The standard InChI is InChI=1S/C32H58O10/c1-3-5-7-9-10-11-12-13-14-15-16-17-19-21-28(35)41-25(23-39-27(34)20-18-8-6-4-2)24-40-32-31(38)30(37)29(36)26(22-33)42-32/h11-12,25-26,29-33,36-38H,3-10,13-24H2,1-2H3/b12-11-. The zero-order chi connectivity index (χ0) is 31.0. The van der Waals surface area contributed by atoms with E-state index in [1.807, 2.05) is 0 Å². The van der Waals surface area contributed by atoms with Crippen LogP contribution in [0.2, 0.25) is 0 Å². The number of aliphatic hydroxyl groups is 4. The predicted octanol–water partition coefficient (Wildman–Crippen LogP) is 4.49. The number of esters is 2. The van der Waals surface area contributed by atoms with Gasteiger partial charge in [0, 0.05) is 12.8 Å². The van der Waals surface area contributed by atoms with Gasteiger partial charge in [-0.2, -0.15) is 0 Å². The first-order chi connectivity index (χ1) is 20.3. The third-order valence-corrected chi connectivity index (χ3v) is 7.40. The molecule has 0 aromatic rings. The third-order valence-electron chi connectivity index (χ3n) is 7.40. The van der Waals surface area contributed by atoms with E-state index in [2.05, 4.69) is 26.0 Å². The topological polar surface area (TPSA) is 152 Å². The van der Waals surface area contributed by atoms with Gasteiger partial charge in [0.15, 0.2) is 12.4 Å². The molecule has 0 amide bonds. The molecule has 42 heavy (non-hydrogen) atoms. The highest BCUT2D eigenvalue weighted by Crippen LogP contribution is 2.22. The first kappa shape index (κ1) is 38.5. The van der Waals surface area contributed by atoms with Gasteiger partial charge in [-0.3, -0.25) is 9.59 Å². The number of hydrogen-bond acceptors (Lipinski definition) is 10. The summed E-state index contributed by atoms with van der Waals surface area (Å²) in [7, 11) is 0.